The molecule has 74 valence electrons. The van der Waals surface area contributed by atoms with Gasteiger partial charge in [0, 0.05) is 6.20 Å². The fourth-order valence-electron chi connectivity index (χ4n) is 0.420. The second-order valence-electron chi connectivity index (χ2n) is 1.92. The maximum atomic E-state index is 12.0. The molecule has 0 aromatic heterocycles. The number of hydrogen-bond donors (Lipinski definition) is 2. The Hall–Kier alpha value is -0.680. The summed E-state index contributed by atoms with van der Waals surface area (Å²) in [5.74, 6) is 0. The number of hydrogen-bond acceptors (Lipinski definition) is 2. The van der Waals surface area contributed by atoms with Crippen molar-refractivity contribution in [3.8, 4) is 0 Å². The molecule has 0 radical (unpaired) electrons. The largest absolute Gasteiger partial charge is 0.420 e. The van der Waals surface area contributed by atoms with Crippen LogP contribution in [-0.4, -0.2) is 11.3 Å². The van der Waals surface area contributed by atoms with Gasteiger partial charge in [-0.2, -0.15) is 13.2 Å². The highest BCUT2D eigenvalue weighted by atomic mass is 35.5. The van der Waals surface area contributed by atoms with Gasteiger partial charge in [0.25, 0.3) is 0 Å². The lowest BCUT2D eigenvalue weighted by atomic mass is 10.3. The Morgan fingerprint density at radius 3 is 2.08 bits per heavy atom. The van der Waals surface area contributed by atoms with Gasteiger partial charge in [-0.25, -0.2) is 0 Å². The van der Waals surface area contributed by atoms with E-state index in [1.165, 1.54) is 0 Å². The fraction of sp³-hybridized carbons (Fsp3) is 0.167. The first-order chi connectivity index (χ1) is 5.75. The lowest BCUT2D eigenvalue weighted by molar-refractivity contribution is -0.0861. The molecule has 2 N–H and O–H groups in total. The summed E-state index contributed by atoms with van der Waals surface area (Å²) in [6.07, 6.45) is -4.21. The van der Waals surface area contributed by atoms with Gasteiger partial charge in [-0.05, 0) is 0 Å². The first-order valence-electron chi connectivity index (χ1n) is 2.88. The van der Waals surface area contributed by atoms with Crippen molar-refractivity contribution in [1.82, 2.24) is 5.32 Å². The Labute approximate surface area is 82.5 Å². The molecular formula is C6H5Cl2F3N2. The maximum absolute atomic E-state index is 12.0. The van der Waals surface area contributed by atoms with Gasteiger partial charge in [-0.1, -0.05) is 29.8 Å². The van der Waals surface area contributed by atoms with E-state index < -0.39 is 16.9 Å². The number of halogens is 5. The van der Waals surface area contributed by atoms with E-state index in [0.717, 1.165) is 0 Å². The van der Waals surface area contributed by atoms with Gasteiger partial charge in [-0.3, -0.25) is 5.41 Å². The van der Waals surface area contributed by atoms with Gasteiger partial charge in [0.05, 0.1) is 5.16 Å². The van der Waals surface area contributed by atoms with Crippen LogP contribution < -0.4 is 5.32 Å². The van der Waals surface area contributed by atoms with Crippen molar-refractivity contribution in [3.63, 3.8) is 0 Å². The van der Waals surface area contributed by atoms with Crippen LogP contribution in [0.1, 0.15) is 0 Å². The summed E-state index contributed by atoms with van der Waals surface area (Å²) < 4.78 is 36.0. The van der Waals surface area contributed by atoms with Crippen LogP contribution in [0.3, 0.4) is 0 Å². The predicted octanol–water partition coefficient (Wildman–Crippen LogP) is 2.95. The monoisotopic (exact) mass is 232 g/mol. The van der Waals surface area contributed by atoms with Crippen molar-refractivity contribution < 1.29 is 13.2 Å². The summed E-state index contributed by atoms with van der Waals surface area (Å²) in [5, 5.41) is 7.31. The molecule has 13 heavy (non-hydrogen) atoms. The van der Waals surface area contributed by atoms with Crippen LogP contribution in [0.15, 0.2) is 23.5 Å². The summed E-state index contributed by atoms with van der Waals surface area (Å²) in [5.41, 5.74) is -1.31. The third kappa shape index (κ3) is 4.80. The van der Waals surface area contributed by atoms with Gasteiger partial charge in [-0.15, -0.1) is 0 Å². The molecule has 7 heteroatoms. The van der Waals surface area contributed by atoms with Crippen molar-refractivity contribution in [2.24, 2.45) is 0 Å². The second kappa shape index (κ2) is 4.53. The highest BCUT2D eigenvalue weighted by Gasteiger charge is 2.36. The standard InChI is InChI=1S/C6H5Cl2F3N2/c1-3(7)13-2-4(5(8)12)6(9,10)11/h2,12-13H,1H2. The third-order valence-electron chi connectivity index (χ3n) is 0.915. The summed E-state index contributed by atoms with van der Waals surface area (Å²) in [4.78, 5) is 0. The minimum atomic E-state index is -4.68. The van der Waals surface area contributed by atoms with Crippen LogP contribution in [-0.2, 0) is 0 Å². The molecule has 0 aromatic carbocycles. The lowest BCUT2D eigenvalue weighted by Gasteiger charge is -2.08. The van der Waals surface area contributed by atoms with E-state index in [0.29, 0.717) is 6.20 Å². The summed E-state index contributed by atoms with van der Waals surface area (Å²) in [7, 11) is 0. The molecule has 0 fully saturated rings. The first-order valence-corrected chi connectivity index (χ1v) is 3.63. The minimum Gasteiger partial charge on any atom is -0.352 e. The molecule has 0 aliphatic heterocycles. The van der Waals surface area contributed by atoms with Crippen LogP contribution in [0.5, 0.6) is 0 Å². The molecule has 0 aromatic rings. The molecule has 0 amide bonds. The van der Waals surface area contributed by atoms with Gasteiger partial charge < -0.3 is 5.32 Å². The van der Waals surface area contributed by atoms with E-state index in [1.807, 2.05) is 5.32 Å². The van der Waals surface area contributed by atoms with Crippen LogP contribution >= 0.6 is 23.2 Å². The van der Waals surface area contributed by atoms with E-state index in [-0.39, 0.29) is 5.16 Å². The molecule has 0 unspecified atom stereocenters. The van der Waals surface area contributed by atoms with Crippen LogP contribution in [0.2, 0.25) is 0 Å². The lowest BCUT2D eigenvalue weighted by Crippen LogP contribution is -2.19. The number of alkyl halides is 3. The molecule has 0 spiro atoms. The van der Waals surface area contributed by atoms with Gasteiger partial charge in [0.15, 0.2) is 0 Å². The summed E-state index contributed by atoms with van der Waals surface area (Å²) in [6, 6.07) is 0. The van der Waals surface area contributed by atoms with Crippen molar-refractivity contribution in [3.05, 3.63) is 23.5 Å². The Morgan fingerprint density at radius 1 is 1.38 bits per heavy atom. The fourth-order valence-corrected chi connectivity index (χ4v) is 0.636. The zero-order chi connectivity index (χ0) is 10.6. The molecule has 2 nitrogen and oxygen atoms in total. The molecule has 0 rings (SSSR count). The third-order valence-corrected chi connectivity index (χ3v) is 1.23. The highest BCUT2D eigenvalue weighted by molar-refractivity contribution is 6.68. The molecular weight excluding hydrogens is 228 g/mol. The zero-order valence-corrected chi connectivity index (χ0v) is 7.69. The molecule has 0 aliphatic rings. The average molecular weight is 233 g/mol. The van der Waals surface area contributed by atoms with Crippen LogP contribution in [0.4, 0.5) is 13.2 Å². The minimum absolute atomic E-state index is 0.195. The number of nitrogens with one attached hydrogen (secondary N) is 2. The van der Waals surface area contributed by atoms with E-state index >= 15 is 0 Å². The van der Waals surface area contributed by atoms with Crippen molar-refractivity contribution in [2.75, 3.05) is 0 Å². The molecule has 0 atom stereocenters. The van der Waals surface area contributed by atoms with E-state index in [9.17, 15) is 13.2 Å². The van der Waals surface area contributed by atoms with E-state index in [1.54, 1.807) is 0 Å². The van der Waals surface area contributed by atoms with Crippen molar-refractivity contribution >= 4 is 28.4 Å². The number of rotatable bonds is 3. The Bertz CT molecular complexity index is 257. The molecule has 0 saturated carbocycles. The van der Waals surface area contributed by atoms with Crippen LogP contribution in [0.25, 0.3) is 0 Å². The molecule has 0 heterocycles. The summed E-state index contributed by atoms with van der Waals surface area (Å²) in [6.45, 7) is 3.10. The van der Waals surface area contributed by atoms with Gasteiger partial charge in [0.1, 0.15) is 10.7 Å². The van der Waals surface area contributed by atoms with Crippen LogP contribution in [0, 0.1) is 5.41 Å². The Balaban J connectivity index is 4.72. The predicted molar refractivity (Wildman–Crippen MR) is 45.8 cm³/mol. The van der Waals surface area contributed by atoms with Gasteiger partial charge >= 0.3 is 6.18 Å². The molecule has 0 aliphatic carbocycles. The Kier molecular flexibility index (Phi) is 4.29. The maximum Gasteiger partial charge on any atom is 0.420 e. The molecule has 0 saturated heterocycles. The smallest absolute Gasteiger partial charge is 0.352 e. The normalized spacial score (nSPS) is 12.5. The van der Waals surface area contributed by atoms with E-state index in [2.05, 4.69) is 6.58 Å². The van der Waals surface area contributed by atoms with E-state index in [4.69, 9.17) is 28.6 Å². The van der Waals surface area contributed by atoms with Gasteiger partial charge in [0.2, 0.25) is 0 Å². The number of allylic oxidation sites excluding steroid dienone is 1. The first kappa shape index (κ1) is 12.3. The van der Waals surface area contributed by atoms with Crippen molar-refractivity contribution in [1.29, 1.82) is 5.41 Å². The topological polar surface area (TPSA) is 35.9 Å². The second-order valence-corrected chi connectivity index (χ2v) is 2.75. The Morgan fingerprint density at radius 2 is 1.85 bits per heavy atom. The molecule has 0 bridgehead atoms. The summed E-state index contributed by atoms with van der Waals surface area (Å²) >= 11 is 10.0. The SMILES string of the molecule is C=C(Cl)NC=C(C(=N)Cl)C(F)(F)F. The highest BCUT2D eigenvalue weighted by Crippen LogP contribution is 2.26. The zero-order valence-electron chi connectivity index (χ0n) is 6.17. The average Bonchev–Trinajstić information content (AvgIpc) is 1.81. The quantitative estimate of drug-likeness (QED) is 0.570. The van der Waals surface area contributed by atoms with Crippen molar-refractivity contribution in [2.45, 2.75) is 6.18 Å².